The van der Waals surface area contributed by atoms with Crippen molar-refractivity contribution in [3.8, 4) is 0 Å². The SMILES string of the molecule is O=S(=O)(c1ccc(CCBr)cc1)c1ccc(CCBr)cc1. The van der Waals surface area contributed by atoms with Crippen molar-refractivity contribution in [3.05, 3.63) is 59.7 Å². The van der Waals surface area contributed by atoms with Gasteiger partial charge in [-0.1, -0.05) is 56.1 Å². The summed E-state index contributed by atoms with van der Waals surface area (Å²) in [7, 11) is -3.43. The molecule has 0 saturated heterocycles. The zero-order valence-corrected chi connectivity index (χ0v) is 15.4. The lowest BCUT2D eigenvalue weighted by Crippen LogP contribution is -2.02. The molecule has 0 saturated carbocycles. The van der Waals surface area contributed by atoms with Crippen molar-refractivity contribution in [3.63, 3.8) is 0 Å². The van der Waals surface area contributed by atoms with Gasteiger partial charge in [0.1, 0.15) is 0 Å². The second-order valence-electron chi connectivity index (χ2n) is 4.67. The summed E-state index contributed by atoms with van der Waals surface area (Å²) in [4.78, 5) is 0.683. The first-order valence-corrected chi connectivity index (χ1v) is 10.4. The molecule has 0 aromatic heterocycles. The van der Waals surface area contributed by atoms with Crippen LogP contribution in [0.25, 0.3) is 0 Å². The van der Waals surface area contributed by atoms with Crippen molar-refractivity contribution < 1.29 is 8.42 Å². The van der Waals surface area contributed by atoms with Gasteiger partial charge in [0.05, 0.1) is 9.79 Å². The zero-order valence-electron chi connectivity index (χ0n) is 11.4. The summed E-state index contributed by atoms with van der Waals surface area (Å²) >= 11 is 6.76. The zero-order chi connectivity index (χ0) is 15.3. The quantitative estimate of drug-likeness (QED) is 0.635. The van der Waals surface area contributed by atoms with Crippen LogP contribution in [-0.2, 0) is 22.7 Å². The van der Waals surface area contributed by atoms with Crippen LogP contribution in [0.2, 0.25) is 0 Å². The van der Waals surface area contributed by atoms with Crippen LogP contribution in [0, 0.1) is 0 Å². The number of benzene rings is 2. The summed E-state index contributed by atoms with van der Waals surface area (Å²) in [5.41, 5.74) is 2.25. The number of alkyl halides is 2. The molecule has 2 rings (SSSR count). The first-order chi connectivity index (χ1) is 10.1. The molecule has 0 amide bonds. The van der Waals surface area contributed by atoms with Gasteiger partial charge in [-0.25, -0.2) is 8.42 Å². The van der Waals surface area contributed by atoms with Gasteiger partial charge in [0.25, 0.3) is 0 Å². The highest BCUT2D eigenvalue weighted by Gasteiger charge is 2.17. The Bertz CT molecular complexity index is 622. The number of aryl methyl sites for hydroxylation is 2. The Morgan fingerprint density at radius 2 is 1.00 bits per heavy atom. The molecular formula is C16H16Br2O2S. The molecule has 0 radical (unpaired) electrons. The fraction of sp³-hybridized carbons (Fsp3) is 0.250. The lowest BCUT2D eigenvalue weighted by atomic mass is 10.2. The van der Waals surface area contributed by atoms with E-state index in [1.54, 1.807) is 24.3 Å². The Morgan fingerprint density at radius 3 is 1.29 bits per heavy atom. The Morgan fingerprint density at radius 1 is 0.667 bits per heavy atom. The van der Waals surface area contributed by atoms with Gasteiger partial charge in [-0.15, -0.1) is 0 Å². The molecule has 0 heterocycles. The minimum Gasteiger partial charge on any atom is -0.219 e. The van der Waals surface area contributed by atoms with E-state index in [9.17, 15) is 8.42 Å². The third kappa shape index (κ3) is 4.18. The number of halogens is 2. The Labute approximate surface area is 142 Å². The summed E-state index contributed by atoms with van der Waals surface area (Å²) in [6.07, 6.45) is 1.78. The molecule has 0 atom stereocenters. The van der Waals surface area contributed by atoms with Crippen molar-refractivity contribution >= 4 is 41.7 Å². The van der Waals surface area contributed by atoms with E-state index >= 15 is 0 Å². The average Bonchev–Trinajstić information content (AvgIpc) is 2.49. The monoisotopic (exact) mass is 430 g/mol. The Balaban J connectivity index is 2.28. The molecule has 0 fully saturated rings. The molecule has 0 bridgehead atoms. The van der Waals surface area contributed by atoms with Gasteiger partial charge in [0.2, 0.25) is 9.84 Å². The molecule has 2 aromatic carbocycles. The number of sulfone groups is 1. The lowest BCUT2D eigenvalue weighted by Gasteiger charge is -2.07. The smallest absolute Gasteiger partial charge is 0.206 e. The summed E-state index contributed by atoms with van der Waals surface area (Å²) in [6, 6.07) is 14.2. The number of hydrogen-bond acceptors (Lipinski definition) is 2. The van der Waals surface area contributed by atoms with E-state index in [1.165, 1.54) is 0 Å². The molecule has 2 aromatic rings. The molecule has 0 N–H and O–H groups in total. The van der Waals surface area contributed by atoms with Crippen molar-refractivity contribution in [2.24, 2.45) is 0 Å². The normalized spacial score (nSPS) is 11.5. The molecule has 0 aliphatic carbocycles. The van der Waals surface area contributed by atoms with Gasteiger partial charge < -0.3 is 0 Å². The largest absolute Gasteiger partial charge is 0.219 e. The molecule has 0 unspecified atom stereocenters. The summed E-state index contributed by atoms with van der Waals surface area (Å²) in [6.45, 7) is 0. The van der Waals surface area contributed by atoms with Crippen molar-refractivity contribution in [1.82, 2.24) is 0 Å². The van der Waals surface area contributed by atoms with Crippen molar-refractivity contribution in [2.45, 2.75) is 22.6 Å². The molecule has 112 valence electrons. The van der Waals surface area contributed by atoms with Crippen LogP contribution in [0.15, 0.2) is 58.3 Å². The van der Waals surface area contributed by atoms with Crippen molar-refractivity contribution in [2.75, 3.05) is 10.7 Å². The first kappa shape index (κ1) is 16.7. The van der Waals surface area contributed by atoms with Gasteiger partial charge in [-0.05, 0) is 48.2 Å². The van der Waals surface area contributed by atoms with Gasteiger partial charge >= 0.3 is 0 Å². The minimum atomic E-state index is -3.43. The van der Waals surface area contributed by atoms with Crippen LogP contribution < -0.4 is 0 Å². The second-order valence-corrected chi connectivity index (χ2v) is 8.20. The Kier molecular flexibility index (Phi) is 6.02. The fourth-order valence-electron chi connectivity index (χ4n) is 2.02. The Hall–Kier alpha value is -0.650. The molecule has 2 nitrogen and oxygen atoms in total. The van der Waals surface area contributed by atoms with E-state index in [0.29, 0.717) is 9.79 Å². The van der Waals surface area contributed by atoms with Gasteiger partial charge in [0, 0.05) is 10.7 Å². The highest BCUT2D eigenvalue weighted by molar-refractivity contribution is 9.09. The van der Waals surface area contributed by atoms with Crippen LogP contribution in [0.3, 0.4) is 0 Å². The first-order valence-electron chi connectivity index (χ1n) is 6.63. The third-order valence-corrected chi connectivity index (χ3v) is 5.81. The summed E-state index contributed by atoms with van der Waals surface area (Å²) in [5, 5.41) is 1.74. The molecular weight excluding hydrogens is 416 g/mol. The highest BCUT2D eigenvalue weighted by Crippen LogP contribution is 2.22. The third-order valence-electron chi connectivity index (χ3n) is 3.23. The maximum atomic E-state index is 12.6. The van der Waals surface area contributed by atoms with Crippen LogP contribution in [-0.4, -0.2) is 19.1 Å². The maximum absolute atomic E-state index is 12.6. The van der Waals surface area contributed by atoms with E-state index in [2.05, 4.69) is 31.9 Å². The van der Waals surface area contributed by atoms with Crippen LogP contribution in [0.1, 0.15) is 11.1 Å². The highest BCUT2D eigenvalue weighted by atomic mass is 79.9. The molecule has 0 aliphatic heterocycles. The van der Waals surface area contributed by atoms with Gasteiger partial charge in [-0.2, -0.15) is 0 Å². The minimum absolute atomic E-state index is 0.342. The van der Waals surface area contributed by atoms with E-state index in [0.717, 1.165) is 34.6 Å². The van der Waals surface area contributed by atoms with Crippen LogP contribution in [0.4, 0.5) is 0 Å². The summed E-state index contributed by atoms with van der Waals surface area (Å²) in [5.74, 6) is 0. The van der Waals surface area contributed by atoms with Crippen LogP contribution in [0.5, 0.6) is 0 Å². The molecule has 0 aliphatic rings. The number of rotatable bonds is 6. The van der Waals surface area contributed by atoms with Gasteiger partial charge in [0.15, 0.2) is 0 Å². The maximum Gasteiger partial charge on any atom is 0.206 e. The van der Waals surface area contributed by atoms with E-state index < -0.39 is 9.84 Å². The van der Waals surface area contributed by atoms with Crippen molar-refractivity contribution in [1.29, 1.82) is 0 Å². The molecule has 5 heteroatoms. The fourth-order valence-corrected chi connectivity index (χ4v) is 4.20. The average molecular weight is 432 g/mol. The number of hydrogen-bond donors (Lipinski definition) is 0. The lowest BCUT2D eigenvalue weighted by molar-refractivity contribution is 0.596. The standard InChI is InChI=1S/C16H16Br2O2S/c17-11-9-13-1-5-15(6-2-13)21(19,20)16-7-3-14(4-8-16)10-12-18/h1-8H,9-12H2. The molecule has 0 spiro atoms. The molecule has 21 heavy (non-hydrogen) atoms. The predicted molar refractivity (Wildman–Crippen MR) is 93.3 cm³/mol. The predicted octanol–water partition coefficient (Wildman–Crippen LogP) is 4.39. The van der Waals surface area contributed by atoms with E-state index in [1.807, 2.05) is 24.3 Å². The second kappa shape index (κ2) is 7.56. The van der Waals surface area contributed by atoms with E-state index in [4.69, 9.17) is 0 Å². The van der Waals surface area contributed by atoms with Crippen LogP contribution >= 0.6 is 31.9 Å². The van der Waals surface area contributed by atoms with E-state index in [-0.39, 0.29) is 0 Å². The van der Waals surface area contributed by atoms with Gasteiger partial charge in [-0.3, -0.25) is 0 Å². The summed E-state index contributed by atoms with van der Waals surface area (Å²) < 4.78 is 25.1. The topological polar surface area (TPSA) is 34.1 Å².